The maximum atomic E-state index is 6.26. The normalized spacial score (nSPS) is 18.9. The van der Waals surface area contributed by atoms with Crippen molar-refractivity contribution in [3.05, 3.63) is 34.9 Å². The SMILES string of the molecule is CC(CNC1CC1)N(C)C(C)c1ccccc1Cl. The molecule has 0 amide bonds. The largest absolute Gasteiger partial charge is 0.312 e. The summed E-state index contributed by atoms with van der Waals surface area (Å²) in [6, 6.07) is 9.75. The summed E-state index contributed by atoms with van der Waals surface area (Å²) in [7, 11) is 2.17. The first-order valence-corrected chi connectivity index (χ1v) is 7.17. The second kappa shape index (κ2) is 6.05. The number of likely N-dealkylation sites (N-methyl/N-ethyl adjacent to an activating group) is 1. The first-order chi connectivity index (χ1) is 8.59. The fourth-order valence-electron chi connectivity index (χ4n) is 2.18. The molecule has 0 radical (unpaired) electrons. The van der Waals surface area contributed by atoms with Gasteiger partial charge in [0.25, 0.3) is 0 Å². The Balaban J connectivity index is 1.94. The van der Waals surface area contributed by atoms with E-state index in [0.29, 0.717) is 12.1 Å². The van der Waals surface area contributed by atoms with E-state index in [2.05, 4.69) is 43.2 Å². The molecule has 0 aromatic heterocycles. The van der Waals surface area contributed by atoms with E-state index in [-0.39, 0.29) is 0 Å². The van der Waals surface area contributed by atoms with Gasteiger partial charge in [0.05, 0.1) is 0 Å². The van der Waals surface area contributed by atoms with Crippen LogP contribution in [0.25, 0.3) is 0 Å². The van der Waals surface area contributed by atoms with Crippen LogP contribution in [-0.4, -0.2) is 30.6 Å². The summed E-state index contributed by atoms with van der Waals surface area (Å²) in [5, 5.41) is 4.44. The van der Waals surface area contributed by atoms with Crippen LogP contribution in [0.4, 0.5) is 0 Å². The van der Waals surface area contributed by atoms with Gasteiger partial charge >= 0.3 is 0 Å². The minimum atomic E-state index is 0.342. The zero-order valence-electron chi connectivity index (χ0n) is 11.5. The Bertz CT molecular complexity index is 390. The minimum Gasteiger partial charge on any atom is -0.312 e. The molecule has 1 fully saturated rings. The molecule has 1 saturated carbocycles. The van der Waals surface area contributed by atoms with E-state index < -0.39 is 0 Å². The molecule has 0 aliphatic heterocycles. The molecular weight excluding hydrogens is 244 g/mol. The van der Waals surface area contributed by atoms with Crippen molar-refractivity contribution in [3.8, 4) is 0 Å². The standard InChI is InChI=1S/C15H23ClN2/c1-11(10-17-13-8-9-13)18(3)12(2)14-6-4-5-7-15(14)16/h4-7,11-13,17H,8-10H2,1-3H3. The van der Waals surface area contributed by atoms with Crippen molar-refractivity contribution in [2.24, 2.45) is 0 Å². The number of benzene rings is 1. The summed E-state index contributed by atoms with van der Waals surface area (Å²) in [4.78, 5) is 2.39. The molecule has 0 heterocycles. The Labute approximate surface area is 115 Å². The molecule has 2 rings (SSSR count). The fraction of sp³-hybridized carbons (Fsp3) is 0.600. The van der Waals surface area contributed by atoms with Crippen molar-refractivity contribution in [3.63, 3.8) is 0 Å². The quantitative estimate of drug-likeness (QED) is 0.848. The Kier molecular flexibility index (Phi) is 4.66. The molecule has 2 nitrogen and oxygen atoms in total. The Morgan fingerprint density at radius 3 is 2.61 bits per heavy atom. The van der Waals surface area contributed by atoms with E-state index in [1.54, 1.807) is 0 Å². The van der Waals surface area contributed by atoms with E-state index in [4.69, 9.17) is 11.6 Å². The highest BCUT2D eigenvalue weighted by Gasteiger charge is 2.23. The lowest BCUT2D eigenvalue weighted by Crippen LogP contribution is -2.40. The lowest BCUT2D eigenvalue weighted by atomic mass is 10.1. The summed E-state index contributed by atoms with van der Waals surface area (Å²) in [5.41, 5.74) is 1.21. The van der Waals surface area contributed by atoms with Crippen molar-refractivity contribution in [1.29, 1.82) is 0 Å². The Morgan fingerprint density at radius 1 is 1.33 bits per heavy atom. The molecule has 1 aromatic rings. The smallest absolute Gasteiger partial charge is 0.0453 e. The zero-order valence-corrected chi connectivity index (χ0v) is 12.2. The Morgan fingerprint density at radius 2 is 2.00 bits per heavy atom. The van der Waals surface area contributed by atoms with E-state index in [1.165, 1.54) is 18.4 Å². The number of hydrogen-bond donors (Lipinski definition) is 1. The van der Waals surface area contributed by atoms with Gasteiger partial charge in [-0.15, -0.1) is 0 Å². The molecule has 18 heavy (non-hydrogen) atoms. The van der Waals surface area contributed by atoms with Crippen LogP contribution in [0.5, 0.6) is 0 Å². The third-order valence-corrected chi connectivity index (χ3v) is 4.28. The van der Waals surface area contributed by atoms with Crippen LogP contribution in [0.1, 0.15) is 38.3 Å². The molecule has 0 spiro atoms. The van der Waals surface area contributed by atoms with Crippen molar-refractivity contribution < 1.29 is 0 Å². The average molecular weight is 267 g/mol. The summed E-state index contributed by atoms with van der Waals surface area (Å²) in [6.45, 7) is 5.54. The molecule has 0 bridgehead atoms. The third-order valence-electron chi connectivity index (χ3n) is 3.94. The number of hydrogen-bond acceptors (Lipinski definition) is 2. The van der Waals surface area contributed by atoms with Crippen molar-refractivity contribution in [1.82, 2.24) is 10.2 Å². The van der Waals surface area contributed by atoms with Crippen molar-refractivity contribution >= 4 is 11.6 Å². The highest BCUT2D eigenvalue weighted by atomic mass is 35.5. The van der Waals surface area contributed by atoms with E-state index in [1.807, 2.05) is 12.1 Å². The van der Waals surface area contributed by atoms with Crippen LogP contribution in [-0.2, 0) is 0 Å². The second-order valence-corrected chi connectivity index (χ2v) is 5.80. The van der Waals surface area contributed by atoms with E-state index in [0.717, 1.165) is 17.6 Å². The topological polar surface area (TPSA) is 15.3 Å². The van der Waals surface area contributed by atoms with Crippen LogP contribution >= 0.6 is 11.6 Å². The average Bonchev–Trinajstić information content (AvgIpc) is 3.19. The molecule has 2 atom stereocenters. The molecule has 1 N–H and O–H groups in total. The zero-order chi connectivity index (χ0) is 13.1. The first-order valence-electron chi connectivity index (χ1n) is 6.79. The van der Waals surface area contributed by atoms with Gasteiger partial charge in [-0.05, 0) is 45.4 Å². The highest BCUT2D eigenvalue weighted by Crippen LogP contribution is 2.27. The third kappa shape index (κ3) is 3.47. The van der Waals surface area contributed by atoms with E-state index >= 15 is 0 Å². The van der Waals surface area contributed by atoms with Crippen LogP contribution < -0.4 is 5.32 Å². The lowest BCUT2D eigenvalue weighted by molar-refractivity contribution is 0.193. The molecule has 2 unspecified atom stereocenters. The van der Waals surface area contributed by atoms with Crippen LogP contribution in [0.2, 0.25) is 5.02 Å². The van der Waals surface area contributed by atoms with Crippen molar-refractivity contribution in [2.45, 2.75) is 44.8 Å². The number of nitrogens with one attached hydrogen (secondary N) is 1. The molecule has 1 aliphatic carbocycles. The van der Waals surface area contributed by atoms with Gasteiger partial charge < -0.3 is 5.32 Å². The number of rotatable bonds is 6. The summed E-state index contributed by atoms with van der Waals surface area (Å²) < 4.78 is 0. The van der Waals surface area contributed by atoms with Gasteiger partial charge in [-0.2, -0.15) is 0 Å². The van der Waals surface area contributed by atoms with Crippen LogP contribution in [0.15, 0.2) is 24.3 Å². The predicted molar refractivity (Wildman–Crippen MR) is 78.1 cm³/mol. The maximum Gasteiger partial charge on any atom is 0.0453 e. The van der Waals surface area contributed by atoms with Gasteiger partial charge in [0.15, 0.2) is 0 Å². The van der Waals surface area contributed by atoms with Gasteiger partial charge in [0.1, 0.15) is 0 Å². The molecule has 0 saturated heterocycles. The van der Waals surface area contributed by atoms with Gasteiger partial charge in [-0.25, -0.2) is 0 Å². The van der Waals surface area contributed by atoms with Crippen LogP contribution in [0.3, 0.4) is 0 Å². The molecular formula is C15H23ClN2. The summed E-state index contributed by atoms with van der Waals surface area (Å²) in [6.07, 6.45) is 2.69. The van der Waals surface area contributed by atoms with Crippen LogP contribution in [0, 0.1) is 0 Å². The molecule has 3 heteroatoms. The van der Waals surface area contributed by atoms with Gasteiger partial charge in [-0.3, -0.25) is 4.90 Å². The lowest BCUT2D eigenvalue weighted by Gasteiger charge is -2.31. The second-order valence-electron chi connectivity index (χ2n) is 5.39. The van der Waals surface area contributed by atoms with E-state index in [9.17, 15) is 0 Å². The number of halogens is 1. The number of nitrogens with zero attached hydrogens (tertiary/aromatic N) is 1. The monoisotopic (exact) mass is 266 g/mol. The summed E-state index contributed by atoms with van der Waals surface area (Å²) in [5.74, 6) is 0. The predicted octanol–water partition coefficient (Wildman–Crippen LogP) is 3.47. The van der Waals surface area contributed by atoms with Crippen molar-refractivity contribution in [2.75, 3.05) is 13.6 Å². The Hall–Kier alpha value is -0.570. The summed E-state index contributed by atoms with van der Waals surface area (Å²) >= 11 is 6.26. The first kappa shape index (κ1) is 13.9. The molecule has 100 valence electrons. The molecule has 1 aromatic carbocycles. The minimum absolute atomic E-state index is 0.342. The van der Waals surface area contributed by atoms with Gasteiger partial charge in [0.2, 0.25) is 0 Å². The fourth-order valence-corrected chi connectivity index (χ4v) is 2.48. The van der Waals surface area contributed by atoms with Gasteiger partial charge in [-0.1, -0.05) is 29.8 Å². The highest BCUT2D eigenvalue weighted by molar-refractivity contribution is 6.31. The molecule has 1 aliphatic rings. The van der Waals surface area contributed by atoms with Gasteiger partial charge in [0, 0.05) is 29.7 Å². The maximum absolute atomic E-state index is 6.26.